The number of Topliss-reactive ketones (excluding diaryl/α,β-unsaturated/α-hetero) is 1. The maximum absolute atomic E-state index is 13.3. The Labute approximate surface area is 201 Å². The van der Waals surface area contributed by atoms with Gasteiger partial charge in [-0.15, -0.1) is 0 Å². The van der Waals surface area contributed by atoms with Crippen LogP contribution in [0.2, 0.25) is 5.02 Å². The number of hydrogen-bond donors (Lipinski definition) is 2. The third kappa shape index (κ3) is 4.51. The van der Waals surface area contributed by atoms with E-state index in [9.17, 15) is 14.4 Å². The molecule has 172 valence electrons. The van der Waals surface area contributed by atoms with Crippen molar-refractivity contribution in [1.82, 2.24) is 4.57 Å². The quantitative estimate of drug-likeness (QED) is 0.301. The van der Waals surface area contributed by atoms with Crippen LogP contribution in [0.15, 0.2) is 66.7 Å². The van der Waals surface area contributed by atoms with Crippen molar-refractivity contribution in [3.05, 3.63) is 94.1 Å². The molecule has 34 heavy (non-hydrogen) atoms. The molecule has 1 aromatic heterocycles. The van der Waals surface area contributed by atoms with Crippen LogP contribution in [0.1, 0.15) is 32.0 Å². The van der Waals surface area contributed by atoms with Crippen LogP contribution in [0.5, 0.6) is 5.75 Å². The van der Waals surface area contributed by atoms with Crippen LogP contribution in [0.3, 0.4) is 0 Å². The molecule has 0 saturated carbocycles. The number of anilines is 1. The molecule has 0 aliphatic heterocycles. The molecule has 0 aliphatic rings. The molecule has 0 atom stereocenters. The molecule has 0 aliphatic carbocycles. The summed E-state index contributed by atoms with van der Waals surface area (Å²) in [4.78, 5) is 37.4. The number of aromatic nitrogens is 1. The lowest BCUT2D eigenvalue weighted by atomic mass is 10.1. The second-order valence-corrected chi connectivity index (χ2v) is 8.22. The highest BCUT2D eigenvalue weighted by Gasteiger charge is 2.26. The average molecular weight is 476 g/mol. The van der Waals surface area contributed by atoms with Crippen LogP contribution < -0.4 is 15.8 Å². The standard InChI is InChI=1S/C26H22ClN3O4/c1-15-23(24(31)26(33)29-19-9-5-17(6-10-19)25(28)32)21-13-20(34-2)11-12-22(21)30(15)14-16-3-7-18(27)8-4-16/h3-13H,14H2,1-2H3,(H2,28,32)(H,29,33). The number of carbonyl (C=O) groups excluding carboxylic acids is 3. The molecule has 0 unspecified atom stereocenters. The lowest BCUT2D eigenvalue weighted by molar-refractivity contribution is -0.112. The van der Waals surface area contributed by atoms with Crippen molar-refractivity contribution in [2.75, 3.05) is 12.4 Å². The molecule has 4 aromatic rings. The summed E-state index contributed by atoms with van der Waals surface area (Å²) in [6.45, 7) is 2.31. The van der Waals surface area contributed by atoms with Gasteiger partial charge in [-0.1, -0.05) is 23.7 Å². The van der Waals surface area contributed by atoms with Crippen LogP contribution in [-0.4, -0.2) is 29.3 Å². The predicted molar refractivity (Wildman–Crippen MR) is 132 cm³/mol. The van der Waals surface area contributed by atoms with Gasteiger partial charge in [-0.2, -0.15) is 0 Å². The third-order valence-corrected chi connectivity index (χ3v) is 5.90. The van der Waals surface area contributed by atoms with Gasteiger partial charge in [-0.3, -0.25) is 14.4 Å². The highest BCUT2D eigenvalue weighted by Crippen LogP contribution is 2.31. The molecule has 8 heteroatoms. The fraction of sp³-hybridized carbons (Fsp3) is 0.115. The number of methoxy groups -OCH3 is 1. The summed E-state index contributed by atoms with van der Waals surface area (Å²) >= 11 is 6.01. The third-order valence-electron chi connectivity index (χ3n) is 5.65. The molecule has 3 aromatic carbocycles. The molecule has 1 heterocycles. The minimum absolute atomic E-state index is 0.300. The number of halogens is 1. The Morgan fingerprint density at radius 2 is 1.68 bits per heavy atom. The van der Waals surface area contributed by atoms with E-state index in [-0.39, 0.29) is 0 Å². The van der Waals surface area contributed by atoms with Gasteiger partial charge in [0.25, 0.3) is 11.7 Å². The zero-order valence-corrected chi connectivity index (χ0v) is 19.3. The van der Waals surface area contributed by atoms with E-state index in [0.29, 0.717) is 45.2 Å². The molecule has 7 nitrogen and oxygen atoms in total. The van der Waals surface area contributed by atoms with E-state index in [0.717, 1.165) is 11.1 Å². The summed E-state index contributed by atoms with van der Waals surface area (Å²) in [5, 5.41) is 3.85. The van der Waals surface area contributed by atoms with Crippen molar-refractivity contribution in [1.29, 1.82) is 0 Å². The van der Waals surface area contributed by atoms with Gasteiger partial charge in [-0.05, 0) is 67.1 Å². The second-order valence-electron chi connectivity index (χ2n) is 7.78. The number of amides is 2. The monoisotopic (exact) mass is 475 g/mol. The first-order valence-electron chi connectivity index (χ1n) is 10.5. The molecule has 0 spiro atoms. The van der Waals surface area contributed by atoms with E-state index in [4.69, 9.17) is 22.1 Å². The fourth-order valence-electron chi connectivity index (χ4n) is 3.87. The van der Waals surface area contributed by atoms with Gasteiger partial charge in [-0.25, -0.2) is 0 Å². The zero-order valence-electron chi connectivity index (χ0n) is 18.6. The maximum Gasteiger partial charge on any atom is 0.296 e. The van der Waals surface area contributed by atoms with Gasteiger partial charge in [0.05, 0.1) is 12.7 Å². The number of nitrogens with two attached hydrogens (primary N) is 1. The maximum atomic E-state index is 13.3. The molecular formula is C26H22ClN3O4. The van der Waals surface area contributed by atoms with Gasteiger partial charge in [0.2, 0.25) is 5.91 Å². The van der Waals surface area contributed by atoms with E-state index in [1.807, 2.05) is 47.9 Å². The van der Waals surface area contributed by atoms with Gasteiger partial charge in [0.15, 0.2) is 0 Å². The minimum atomic E-state index is -0.789. The van der Waals surface area contributed by atoms with Crippen LogP contribution in [0.4, 0.5) is 5.69 Å². The Hall–Kier alpha value is -4.10. The second kappa shape index (κ2) is 9.41. The normalized spacial score (nSPS) is 10.8. The van der Waals surface area contributed by atoms with Crippen LogP contribution in [0.25, 0.3) is 10.9 Å². The number of primary amides is 1. The highest BCUT2D eigenvalue weighted by atomic mass is 35.5. The first-order valence-corrected chi connectivity index (χ1v) is 10.8. The number of hydrogen-bond acceptors (Lipinski definition) is 4. The van der Waals surface area contributed by atoms with E-state index < -0.39 is 17.6 Å². The number of ether oxygens (including phenoxy) is 1. The van der Waals surface area contributed by atoms with Crippen LogP contribution in [0, 0.1) is 6.92 Å². The fourth-order valence-corrected chi connectivity index (χ4v) is 4.00. The predicted octanol–water partition coefficient (Wildman–Crippen LogP) is 4.58. The van der Waals surface area contributed by atoms with Crippen molar-refractivity contribution in [3.8, 4) is 5.75 Å². The van der Waals surface area contributed by atoms with Crippen molar-refractivity contribution < 1.29 is 19.1 Å². The molecule has 0 bridgehead atoms. The first kappa shape index (κ1) is 23.1. The summed E-state index contributed by atoms with van der Waals surface area (Å²) in [6.07, 6.45) is 0. The van der Waals surface area contributed by atoms with Crippen molar-refractivity contribution in [2.45, 2.75) is 13.5 Å². The van der Waals surface area contributed by atoms with Gasteiger partial charge in [0, 0.05) is 39.4 Å². The SMILES string of the molecule is COc1ccc2c(c1)c(C(=O)C(=O)Nc1ccc(C(N)=O)cc1)c(C)n2Cc1ccc(Cl)cc1. The number of nitrogens with one attached hydrogen (secondary N) is 1. The molecule has 2 amide bonds. The zero-order chi connectivity index (χ0) is 24.4. The van der Waals surface area contributed by atoms with Crippen molar-refractivity contribution in [2.24, 2.45) is 5.73 Å². The first-order chi connectivity index (χ1) is 16.3. The lowest BCUT2D eigenvalue weighted by Crippen LogP contribution is -2.23. The van der Waals surface area contributed by atoms with Gasteiger partial charge in [0.1, 0.15) is 5.75 Å². The largest absolute Gasteiger partial charge is 0.497 e. The van der Waals surface area contributed by atoms with Crippen molar-refractivity contribution >= 4 is 45.8 Å². The topological polar surface area (TPSA) is 103 Å². The van der Waals surface area contributed by atoms with Crippen LogP contribution in [-0.2, 0) is 11.3 Å². The minimum Gasteiger partial charge on any atom is -0.497 e. The Morgan fingerprint density at radius 1 is 1.00 bits per heavy atom. The van der Waals surface area contributed by atoms with E-state index in [1.54, 1.807) is 13.2 Å². The van der Waals surface area contributed by atoms with Crippen molar-refractivity contribution in [3.63, 3.8) is 0 Å². The van der Waals surface area contributed by atoms with E-state index in [2.05, 4.69) is 5.32 Å². The summed E-state index contributed by atoms with van der Waals surface area (Å²) in [5.74, 6) is -1.47. The lowest BCUT2D eigenvalue weighted by Gasteiger charge is -2.09. The Kier molecular flexibility index (Phi) is 6.38. The summed E-state index contributed by atoms with van der Waals surface area (Å²) < 4.78 is 7.34. The summed E-state index contributed by atoms with van der Waals surface area (Å²) in [5.41, 5.74) is 8.68. The molecular weight excluding hydrogens is 454 g/mol. The van der Waals surface area contributed by atoms with E-state index in [1.165, 1.54) is 24.3 Å². The Balaban J connectivity index is 1.72. The molecule has 3 N–H and O–H groups in total. The number of carbonyl (C=O) groups is 3. The molecule has 0 fully saturated rings. The number of ketones is 1. The smallest absolute Gasteiger partial charge is 0.296 e. The number of nitrogens with zero attached hydrogens (tertiary/aromatic N) is 1. The highest BCUT2D eigenvalue weighted by molar-refractivity contribution is 6.48. The molecule has 4 rings (SSSR count). The van der Waals surface area contributed by atoms with E-state index >= 15 is 0 Å². The summed E-state index contributed by atoms with van der Waals surface area (Å²) in [6, 6.07) is 18.9. The molecule has 0 radical (unpaired) electrons. The average Bonchev–Trinajstić information content (AvgIpc) is 3.10. The van der Waals surface area contributed by atoms with Gasteiger partial charge >= 0.3 is 0 Å². The number of benzene rings is 3. The summed E-state index contributed by atoms with van der Waals surface area (Å²) in [7, 11) is 1.54. The van der Waals surface area contributed by atoms with Gasteiger partial charge < -0.3 is 20.4 Å². The Morgan fingerprint density at radius 3 is 2.29 bits per heavy atom. The molecule has 0 saturated heterocycles. The number of fused-ring (bicyclic) bond motifs is 1. The Bertz CT molecular complexity index is 1410. The number of rotatable bonds is 7. The van der Waals surface area contributed by atoms with Crippen LogP contribution >= 0.6 is 11.6 Å².